The molecule has 0 saturated carbocycles. The average molecular weight is 495 g/mol. The fourth-order valence-corrected chi connectivity index (χ4v) is 5.06. The molecule has 0 radical (unpaired) electrons. The van der Waals surface area contributed by atoms with E-state index in [2.05, 4.69) is 20.0 Å². The standard InChI is InChI=1S/C24H26N6O4S/c31-22-18-15-25-23-26-24(35-16-17-2-3-20-21(14-17)34-11-1-10-33-20)27-30(23)19(18)4-5-29(22)7-6-28-8-12-32-13-9-28/h2-5,14-15H,1,6-13,16H2. The van der Waals surface area contributed by atoms with Crippen LogP contribution in [0.1, 0.15) is 12.0 Å². The summed E-state index contributed by atoms with van der Waals surface area (Å²) in [4.78, 5) is 24.4. The van der Waals surface area contributed by atoms with Crippen LogP contribution in [-0.2, 0) is 17.0 Å². The Bertz CT molecular complexity index is 1410. The zero-order valence-corrected chi connectivity index (χ0v) is 20.1. The number of rotatable bonds is 6. The second-order valence-corrected chi connectivity index (χ2v) is 9.49. The van der Waals surface area contributed by atoms with E-state index >= 15 is 0 Å². The van der Waals surface area contributed by atoms with Crippen molar-refractivity contribution >= 4 is 28.4 Å². The van der Waals surface area contributed by atoms with Gasteiger partial charge in [0.25, 0.3) is 11.3 Å². The first-order valence-corrected chi connectivity index (χ1v) is 12.8. The van der Waals surface area contributed by atoms with Crippen molar-refractivity contribution in [2.45, 2.75) is 23.9 Å². The lowest BCUT2D eigenvalue weighted by atomic mass is 10.2. The second-order valence-electron chi connectivity index (χ2n) is 8.55. The molecule has 10 nitrogen and oxygen atoms in total. The normalized spacial score (nSPS) is 16.6. The molecule has 4 aromatic rings. The quantitative estimate of drug-likeness (QED) is 0.374. The number of hydrogen-bond donors (Lipinski definition) is 0. The number of benzene rings is 1. The Morgan fingerprint density at radius 3 is 2.74 bits per heavy atom. The van der Waals surface area contributed by atoms with E-state index < -0.39 is 0 Å². The van der Waals surface area contributed by atoms with Crippen molar-refractivity contribution in [1.29, 1.82) is 0 Å². The third-order valence-electron chi connectivity index (χ3n) is 6.23. The van der Waals surface area contributed by atoms with E-state index in [1.807, 2.05) is 30.5 Å². The van der Waals surface area contributed by atoms with Gasteiger partial charge in [0.2, 0.25) is 5.16 Å². The van der Waals surface area contributed by atoms with E-state index in [1.165, 1.54) is 11.8 Å². The van der Waals surface area contributed by atoms with Crippen molar-refractivity contribution in [1.82, 2.24) is 29.0 Å². The van der Waals surface area contributed by atoms with E-state index in [-0.39, 0.29) is 5.56 Å². The molecule has 11 heteroatoms. The van der Waals surface area contributed by atoms with Crippen LogP contribution in [-0.4, -0.2) is 75.1 Å². The molecule has 2 aliphatic heterocycles. The average Bonchev–Trinajstić information content (AvgIpc) is 3.17. The molecule has 2 aliphatic rings. The number of nitrogens with zero attached hydrogens (tertiary/aromatic N) is 6. The van der Waals surface area contributed by atoms with Gasteiger partial charge in [-0.2, -0.15) is 9.50 Å². The first kappa shape index (κ1) is 22.3. The van der Waals surface area contributed by atoms with Crippen LogP contribution in [0.4, 0.5) is 0 Å². The van der Waals surface area contributed by atoms with Crippen molar-refractivity contribution < 1.29 is 14.2 Å². The highest BCUT2D eigenvalue weighted by atomic mass is 32.2. The summed E-state index contributed by atoms with van der Waals surface area (Å²) in [6.07, 6.45) is 4.31. The summed E-state index contributed by atoms with van der Waals surface area (Å²) < 4.78 is 20.3. The van der Waals surface area contributed by atoms with Crippen molar-refractivity contribution in [2.75, 3.05) is 46.1 Å². The lowest BCUT2D eigenvalue weighted by Gasteiger charge is -2.26. The minimum absolute atomic E-state index is 0.0675. The number of pyridine rings is 1. The van der Waals surface area contributed by atoms with Gasteiger partial charge in [-0.05, 0) is 23.8 Å². The van der Waals surface area contributed by atoms with Gasteiger partial charge < -0.3 is 18.8 Å². The zero-order chi connectivity index (χ0) is 23.6. The number of morpholine rings is 1. The molecule has 0 bridgehead atoms. The van der Waals surface area contributed by atoms with Gasteiger partial charge >= 0.3 is 0 Å². The van der Waals surface area contributed by atoms with Crippen LogP contribution in [0.2, 0.25) is 0 Å². The van der Waals surface area contributed by atoms with Crippen LogP contribution in [0.15, 0.2) is 46.6 Å². The fraction of sp³-hybridized carbons (Fsp3) is 0.417. The van der Waals surface area contributed by atoms with Gasteiger partial charge in [-0.15, -0.1) is 5.10 Å². The summed E-state index contributed by atoms with van der Waals surface area (Å²) in [5.74, 6) is 2.72. The Labute approximate surface area is 205 Å². The number of fused-ring (bicyclic) bond motifs is 4. The molecule has 0 amide bonds. The molecule has 0 atom stereocenters. The zero-order valence-electron chi connectivity index (χ0n) is 19.3. The molecule has 0 N–H and O–H groups in total. The molecule has 35 heavy (non-hydrogen) atoms. The molecule has 0 unspecified atom stereocenters. The molecule has 1 fully saturated rings. The number of thioether (sulfide) groups is 1. The summed E-state index contributed by atoms with van der Waals surface area (Å²) in [7, 11) is 0. The Morgan fingerprint density at radius 1 is 1.00 bits per heavy atom. The van der Waals surface area contributed by atoms with E-state index in [0.717, 1.165) is 56.3 Å². The smallest absolute Gasteiger partial charge is 0.261 e. The molecule has 6 rings (SSSR count). The number of ether oxygens (including phenoxy) is 3. The molecule has 3 aromatic heterocycles. The third kappa shape index (κ3) is 4.71. The van der Waals surface area contributed by atoms with E-state index in [4.69, 9.17) is 14.2 Å². The predicted molar refractivity (Wildman–Crippen MR) is 131 cm³/mol. The summed E-state index contributed by atoms with van der Waals surface area (Å²) in [6.45, 7) is 6.06. The van der Waals surface area contributed by atoms with Gasteiger partial charge in [0.15, 0.2) is 11.5 Å². The van der Waals surface area contributed by atoms with Gasteiger partial charge in [0.1, 0.15) is 0 Å². The lowest BCUT2D eigenvalue weighted by molar-refractivity contribution is 0.0363. The number of hydrogen-bond acceptors (Lipinski definition) is 9. The lowest BCUT2D eigenvalue weighted by Crippen LogP contribution is -2.39. The maximum atomic E-state index is 13.1. The molecule has 182 valence electrons. The van der Waals surface area contributed by atoms with Crippen molar-refractivity contribution in [3.63, 3.8) is 0 Å². The summed E-state index contributed by atoms with van der Waals surface area (Å²) in [5.41, 5.74) is 1.73. The highest BCUT2D eigenvalue weighted by Crippen LogP contribution is 2.32. The maximum absolute atomic E-state index is 13.1. The summed E-state index contributed by atoms with van der Waals surface area (Å²) in [6, 6.07) is 7.91. The van der Waals surface area contributed by atoms with E-state index in [9.17, 15) is 4.79 Å². The second kappa shape index (κ2) is 9.84. The SMILES string of the molecule is O=c1c2cnc3nc(SCc4ccc5c(c4)OCCCO5)nn3c2ccn1CCN1CCOCC1. The Morgan fingerprint density at radius 2 is 1.86 bits per heavy atom. The van der Waals surface area contributed by atoms with Gasteiger partial charge in [-0.25, -0.2) is 4.98 Å². The summed E-state index contributed by atoms with van der Waals surface area (Å²) >= 11 is 1.52. The summed E-state index contributed by atoms with van der Waals surface area (Å²) in [5, 5.41) is 5.77. The predicted octanol–water partition coefficient (Wildman–Crippen LogP) is 2.22. The number of aromatic nitrogens is 5. The Hall–Kier alpha value is -3.15. The highest BCUT2D eigenvalue weighted by Gasteiger charge is 2.15. The first-order valence-electron chi connectivity index (χ1n) is 11.8. The molecule has 0 spiro atoms. The van der Waals surface area contributed by atoms with Crippen LogP contribution in [0.25, 0.3) is 16.7 Å². The minimum atomic E-state index is -0.0675. The van der Waals surface area contributed by atoms with Crippen LogP contribution < -0.4 is 15.0 Å². The van der Waals surface area contributed by atoms with E-state index in [1.54, 1.807) is 15.3 Å². The molecule has 1 saturated heterocycles. The first-order chi connectivity index (χ1) is 17.2. The van der Waals surface area contributed by atoms with Gasteiger partial charge in [-0.1, -0.05) is 17.8 Å². The van der Waals surface area contributed by atoms with Gasteiger partial charge in [0.05, 0.1) is 37.3 Å². The topological polar surface area (TPSA) is 96.0 Å². The van der Waals surface area contributed by atoms with Crippen molar-refractivity contribution in [3.05, 3.63) is 52.6 Å². The van der Waals surface area contributed by atoms with Crippen molar-refractivity contribution in [2.24, 2.45) is 0 Å². The molecule has 1 aromatic carbocycles. The van der Waals surface area contributed by atoms with Crippen LogP contribution in [0.3, 0.4) is 0 Å². The maximum Gasteiger partial charge on any atom is 0.261 e. The Kier molecular flexibility index (Phi) is 6.28. The molecule has 0 aliphatic carbocycles. The van der Waals surface area contributed by atoms with Crippen LogP contribution >= 0.6 is 11.8 Å². The highest BCUT2D eigenvalue weighted by molar-refractivity contribution is 7.98. The monoisotopic (exact) mass is 494 g/mol. The minimum Gasteiger partial charge on any atom is -0.490 e. The fourth-order valence-electron chi connectivity index (χ4n) is 4.30. The van der Waals surface area contributed by atoms with Crippen molar-refractivity contribution in [3.8, 4) is 11.5 Å². The molecular weight excluding hydrogens is 468 g/mol. The van der Waals surface area contributed by atoms with Crippen LogP contribution in [0, 0.1) is 0 Å². The Balaban J connectivity index is 1.20. The van der Waals surface area contributed by atoms with Crippen LogP contribution in [0.5, 0.6) is 11.5 Å². The molecule has 5 heterocycles. The van der Waals surface area contributed by atoms with E-state index in [0.29, 0.717) is 47.3 Å². The van der Waals surface area contributed by atoms with Gasteiger partial charge in [0, 0.05) is 50.7 Å². The van der Waals surface area contributed by atoms with Gasteiger partial charge in [-0.3, -0.25) is 9.69 Å². The largest absolute Gasteiger partial charge is 0.490 e. The third-order valence-corrected chi connectivity index (χ3v) is 7.14. The molecular formula is C24H26N6O4S.